The van der Waals surface area contributed by atoms with Gasteiger partial charge in [0, 0.05) is 32.0 Å². The van der Waals surface area contributed by atoms with Gasteiger partial charge >= 0.3 is 0 Å². The Kier molecular flexibility index (Phi) is 4.39. The standard InChI is InChI=1S/C11H18N2O2/c1-13(2)10-5-3-9(4-6-10)12-7-11(15)8-14/h3-6,11-12,14-15H,7-8H2,1-2H3. The molecule has 1 aromatic carbocycles. The second kappa shape index (κ2) is 5.58. The Balaban J connectivity index is 2.50. The SMILES string of the molecule is CN(C)c1ccc(NCC(O)CO)cc1. The van der Waals surface area contributed by atoms with Gasteiger partial charge < -0.3 is 20.4 Å². The Labute approximate surface area is 90.2 Å². The normalized spacial score (nSPS) is 12.3. The molecule has 0 saturated heterocycles. The fourth-order valence-corrected chi connectivity index (χ4v) is 1.18. The van der Waals surface area contributed by atoms with Crippen molar-refractivity contribution in [3.8, 4) is 0 Å². The third kappa shape index (κ3) is 3.77. The lowest BCUT2D eigenvalue weighted by Gasteiger charge is -2.14. The molecule has 1 aromatic rings. The summed E-state index contributed by atoms with van der Waals surface area (Å²) in [7, 11) is 3.97. The van der Waals surface area contributed by atoms with Crippen LogP contribution in [0.15, 0.2) is 24.3 Å². The lowest BCUT2D eigenvalue weighted by atomic mass is 10.2. The molecule has 0 aliphatic rings. The average molecular weight is 210 g/mol. The molecule has 0 aliphatic carbocycles. The van der Waals surface area contributed by atoms with Crippen molar-refractivity contribution >= 4 is 11.4 Å². The van der Waals surface area contributed by atoms with Crippen LogP contribution in [0.1, 0.15) is 0 Å². The molecule has 3 N–H and O–H groups in total. The Bertz CT molecular complexity index is 285. The van der Waals surface area contributed by atoms with Crippen molar-refractivity contribution < 1.29 is 10.2 Å². The second-order valence-electron chi connectivity index (χ2n) is 3.66. The first-order valence-electron chi connectivity index (χ1n) is 4.93. The van der Waals surface area contributed by atoms with Crippen molar-refractivity contribution in [2.75, 3.05) is 37.5 Å². The predicted molar refractivity (Wildman–Crippen MR) is 62.4 cm³/mol. The highest BCUT2D eigenvalue weighted by Gasteiger charge is 2.01. The number of nitrogens with zero attached hydrogens (tertiary/aromatic N) is 1. The average Bonchev–Trinajstić information content (AvgIpc) is 2.26. The van der Waals surface area contributed by atoms with Gasteiger partial charge in [-0.3, -0.25) is 0 Å². The monoisotopic (exact) mass is 210 g/mol. The smallest absolute Gasteiger partial charge is 0.0942 e. The molecule has 1 atom stereocenters. The second-order valence-corrected chi connectivity index (χ2v) is 3.66. The number of benzene rings is 1. The molecule has 1 unspecified atom stereocenters. The molecular weight excluding hydrogens is 192 g/mol. The van der Waals surface area contributed by atoms with Crippen LogP contribution in [0.5, 0.6) is 0 Å². The first kappa shape index (κ1) is 11.8. The highest BCUT2D eigenvalue weighted by Crippen LogP contribution is 2.15. The zero-order chi connectivity index (χ0) is 11.3. The molecule has 15 heavy (non-hydrogen) atoms. The minimum atomic E-state index is -0.710. The van der Waals surface area contributed by atoms with Crippen molar-refractivity contribution in [1.82, 2.24) is 0 Å². The van der Waals surface area contributed by atoms with E-state index in [0.717, 1.165) is 11.4 Å². The lowest BCUT2D eigenvalue weighted by molar-refractivity contribution is 0.105. The number of anilines is 2. The van der Waals surface area contributed by atoms with Gasteiger partial charge in [-0.2, -0.15) is 0 Å². The zero-order valence-electron chi connectivity index (χ0n) is 9.14. The number of aliphatic hydroxyl groups is 2. The van der Waals surface area contributed by atoms with E-state index in [1.54, 1.807) is 0 Å². The molecular formula is C11H18N2O2. The molecule has 0 saturated carbocycles. The molecule has 0 radical (unpaired) electrons. The van der Waals surface area contributed by atoms with Crippen LogP contribution in [0, 0.1) is 0 Å². The van der Waals surface area contributed by atoms with Gasteiger partial charge in [0.15, 0.2) is 0 Å². The van der Waals surface area contributed by atoms with E-state index in [-0.39, 0.29) is 6.61 Å². The molecule has 0 heterocycles. The maximum absolute atomic E-state index is 9.14. The summed E-state index contributed by atoms with van der Waals surface area (Å²) < 4.78 is 0. The molecule has 1 rings (SSSR count). The van der Waals surface area contributed by atoms with Gasteiger partial charge in [-0.05, 0) is 24.3 Å². The van der Waals surface area contributed by atoms with E-state index in [0.29, 0.717) is 6.54 Å². The lowest BCUT2D eigenvalue weighted by Crippen LogP contribution is -2.22. The predicted octanol–water partition coefficient (Wildman–Crippen LogP) is 0.518. The summed E-state index contributed by atoms with van der Waals surface area (Å²) in [5.41, 5.74) is 2.07. The summed E-state index contributed by atoms with van der Waals surface area (Å²) in [5, 5.41) is 20.8. The van der Waals surface area contributed by atoms with Gasteiger partial charge in [-0.25, -0.2) is 0 Å². The van der Waals surface area contributed by atoms with Crippen molar-refractivity contribution in [2.45, 2.75) is 6.10 Å². The minimum Gasteiger partial charge on any atom is -0.394 e. The Morgan fingerprint density at radius 3 is 2.33 bits per heavy atom. The van der Waals surface area contributed by atoms with Crippen LogP contribution in [0.25, 0.3) is 0 Å². The fourth-order valence-electron chi connectivity index (χ4n) is 1.18. The zero-order valence-corrected chi connectivity index (χ0v) is 9.14. The molecule has 0 fully saturated rings. The van der Waals surface area contributed by atoms with Gasteiger partial charge in [0.05, 0.1) is 12.7 Å². The number of nitrogens with one attached hydrogen (secondary N) is 1. The largest absolute Gasteiger partial charge is 0.394 e. The maximum atomic E-state index is 9.14. The quantitative estimate of drug-likeness (QED) is 0.663. The number of rotatable bonds is 5. The summed E-state index contributed by atoms with van der Waals surface area (Å²) in [6.45, 7) is 0.139. The van der Waals surface area contributed by atoms with E-state index in [2.05, 4.69) is 5.32 Å². The van der Waals surface area contributed by atoms with Crippen molar-refractivity contribution in [2.24, 2.45) is 0 Å². The fraction of sp³-hybridized carbons (Fsp3) is 0.455. The molecule has 4 heteroatoms. The van der Waals surface area contributed by atoms with Crippen molar-refractivity contribution in [3.05, 3.63) is 24.3 Å². The van der Waals surface area contributed by atoms with Crippen LogP contribution >= 0.6 is 0 Å². The van der Waals surface area contributed by atoms with Gasteiger partial charge in [-0.15, -0.1) is 0 Å². The van der Waals surface area contributed by atoms with Gasteiger partial charge in [-0.1, -0.05) is 0 Å². The summed E-state index contributed by atoms with van der Waals surface area (Å²) >= 11 is 0. The third-order valence-corrected chi connectivity index (χ3v) is 2.14. The molecule has 84 valence electrons. The summed E-state index contributed by atoms with van der Waals surface area (Å²) in [4.78, 5) is 2.02. The van der Waals surface area contributed by atoms with E-state index >= 15 is 0 Å². The number of hydrogen-bond acceptors (Lipinski definition) is 4. The molecule has 0 spiro atoms. The van der Waals surface area contributed by atoms with Crippen LogP contribution in [0.4, 0.5) is 11.4 Å². The van der Waals surface area contributed by atoms with Crippen LogP contribution in [0.3, 0.4) is 0 Å². The summed E-state index contributed by atoms with van der Waals surface area (Å²) in [6, 6.07) is 7.88. The van der Waals surface area contributed by atoms with E-state index in [9.17, 15) is 0 Å². The first-order valence-corrected chi connectivity index (χ1v) is 4.93. The van der Waals surface area contributed by atoms with E-state index in [1.807, 2.05) is 43.3 Å². The molecule has 0 bridgehead atoms. The highest BCUT2D eigenvalue weighted by molar-refractivity contribution is 5.54. The molecule has 0 aromatic heterocycles. The number of hydrogen-bond donors (Lipinski definition) is 3. The van der Waals surface area contributed by atoms with Crippen LogP contribution in [0.2, 0.25) is 0 Å². The molecule has 0 amide bonds. The minimum absolute atomic E-state index is 0.219. The summed E-state index contributed by atoms with van der Waals surface area (Å²) in [5.74, 6) is 0. The van der Waals surface area contributed by atoms with E-state index in [1.165, 1.54) is 0 Å². The Morgan fingerprint density at radius 2 is 1.87 bits per heavy atom. The van der Waals surface area contributed by atoms with Crippen molar-refractivity contribution in [3.63, 3.8) is 0 Å². The van der Waals surface area contributed by atoms with E-state index < -0.39 is 6.10 Å². The third-order valence-electron chi connectivity index (χ3n) is 2.14. The van der Waals surface area contributed by atoms with Crippen LogP contribution < -0.4 is 10.2 Å². The van der Waals surface area contributed by atoms with Crippen LogP contribution in [-0.4, -0.2) is 43.6 Å². The first-order chi connectivity index (χ1) is 7.13. The van der Waals surface area contributed by atoms with Gasteiger partial charge in [0.2, 0.25) is 0 Å². The Hall–Kier alpha value is -1.26. The Morgan fingerprint density at radius 1 is 1.27 bits per heavy atom. The van der Waals surface area contributed by atoms with Gasteiger partial charge in [0.1, 0.15) is 0 Å². The van der Waals surface area contributed by atoms with E-state index in [4.69, 9.17) is 10.2 Å². The van der Waals surface area contributed by atoms with Crippen LogP contribution in [-0.2, 0) is 0 Å². The van der Waals surface area contributed by atoms with Crippen molar-refractivity contribution in [1.29, 1.82) is 0 Å². The van der Waals surface area contributed by atoms with Gasteiger partial charge in [0.25, 0.3) is 0 Å². The number of aliphatic hydroxyl groups excluding tert-OH is 2. The molecule has 4 nitrogen and oxygen atoms in total. The highest BCUT2D eigenvalue weighted by atomic mass is 16.3. The molecule has 0 aliphatic heterocycles. The summed E-state index contributed by atoms with van der Waals surface area (Å²) in [6.07, 6.45) is -0.710. The topological polar surface area (TPSA) is 55.7 Å². The maximum Gasteiger partial charge on any atom is 0.0942 e.